The van der Waals surface area contributed by atoms with Crippen LogP contribution >= 0.6 is 0 Å². The van der Waals surface area contributed by atoms with Gasteiger partial charge < -0.3 is 24.6 Å². The maximum absolute atomic E-state index is 15.3. The lowest BCUT2D eigenvalue weighted by molar-refractivity contribution is 0.209. The monoisotopic (exact) mass is 584 g/mol. The van der Waals surface area contributed by atoms with Gasteiger partial charge in [-0.15, -0.1) is 0 Å². The van der Waals surface area contributed by atoms with E-state index in [0.29, 0.717) is 34.6 Å². The summed E-state index contributed by atoms with van der Waals surface area (Å²) in [6.07, 6.45) is 0.863. The first-order valence-corrected chi connectivity index (χ1v) is 14.2. The average molecular weight is 585 g/mol. The average Bonchev–Trinajstić information content (AvgIpc) is 2.98. The Labute approximate surface area is 251 Å². The molecule has 1 atom stereocenters. The third-order valence-electron chi connectivity index (χ3n) is 7.73. The number of carbonyl (C=O) groups excluding carboxylic acids is 1. The minimum absolute atomic E-state index is 0.189. The number of hydrogen-bond donors (Lipinski definition) is 1. The Morgan fingerprint density at radius 3 is 2.51 bits per heavy atom. The SMILES string of the molecule is COc1cc(C)ccc1N(C(=O)Oc1c(C)cccc1C)c1ccnc(Nc2ccc(N3CCN(C)C(C)C3)c(F)c2)n1. The van der Waals surface area contributed by atoms with Crippen LogP contribution in [0.5, 0.6) is 11.5 Å². The Hall–Kier alpha value is -4.70. The zero-order valence-corrected chi connectivity index (χ0v) is 25.4. The van der Waals surface area contributed by atoms with Crippen molar-refractivity contribution in [3.8, 4) is 11.5 Å². The van der Waals surface area contributed by atoms with Crippen LogP contribution in [0.15, 0.2) is 66.9 Å². The predicted molar refractivity (Wildman–Crippen MR) is 168 cm³/mol. The summed E-state index contributed by atoms with van der Waals surface area (Å²) in [6.45, 7) is 10.2. The summed E-state index contributed by atoms with van der Waals surface area (Å²) in [4.78, 5) is 28.4. The molecule has 5 rings (SSSR count). The van der Waals surface area contributed by atoms with Crippen LogP contribution in [0.25, 0.3) is 0 Å². The van der Waals surface area contributed by atoms with E-state index in [-0.39, 0.29) is 17.6 Å². The quantitative estimate of drug-likeness (QED) is 0.255. The highest BCUT2D eigenvalue weighted by Crippen LogP contribution is 2.36. The summed E-state index contributed by atoms with van der Waals surface area (Å²) in [5.74, 6) is 1.05. The molecule has 3 aromatic carbocycles. The van der Waals surface area contributed by atoms with Crippen LogP contribution in [0.4, 0.5) is 38.0 Å². The molecule has 4 aromatic rings. The van der Waals surface area contributed by atoms with E-state index in [1.165, 1.54) is 17.2 Å². The topological polar surface area (TPSA) is 83.1 Å². The van der Waals surface area contributed by atoms with E-state index >= 15 is 4.39 Å². The molecule has 9 nitrogen and oxygen atoms in total. The number of rotatable bonds is 7. The molecule has 0 radical (unpaired) electrons. The standard InChI is InChI=1S/C33H37FN6O3/c1-21-10-12-28(29(18-21)42-6)40(33(41)43-31-22(2)8-7-9-23(31)3)30-14-15-35-32(37-30)36-25-11-13-27(26(34)19-25)39-17-16-38(5)24(4)20-39/h7-15,18-19,24H,16-17,20H2,1-6H3,(H,35,36,37). The number of hydrogen-bond acceptors (Lipinski definition) is 8. The van der Waals surface area contributed by atoms with Crippen LogP contribution in [-0.4, -0.2) is 60.8 Å². The van der Waals surface area contributed by atoms with Crippen molar-refractivity contribution in [2.45, 2.75) is 33.7 Å². The molecular weight excluding hydrogens is 547 g/mol. The number of aromatic nitrogens is 2. The van der Waals surface area contributed by atoms with Crippen molar-refractivity contribution in [1.82, 2.24) is 14.9 Å². The second-order valence-corrected chi connectivity index (χ2v) is 10.9. The van der Waals surface area contributed by atoms with Crippen molar-refractivity contribution in [3.05, 3.63) is 89.4 Å². The molecular formula is C33H37FN6O3. The van der Waals surface area contributed by atoms with Crippen molar-refractivity contribution in [2.24, 2.45) is 0 Å². The number of para-hydroxylation sites is 1. The van der Waals surface area contributed by atoms with Gasteiger partial charge in [0.1, 0.15) is 23.1 Å². The van der Waals surface area contributed by atoms with E-state index in [1.807, 2.05) is 51.1 Å². The number of aryl methyl sites for hydroxylation is 3. The van der Waals surface area contributed by atoms with Crippen LogP contribution in [0.1, 0.15) is 23.6 Å². The molecule has 1 aliphatic heterocycles. The molecule has 0 bridgehead atoms. The number of benzene rings is 3. The molecule has 1 unspecified atom stereocenters. The number of nitrogens with zero attached hydrogens (tertiary/aromatic N) is 5. The third kappa shape index (κ3) is 6.54. The first-order chi connectivity index (χ1) is 20.6. The van der Waals surface area contributed by atoms with Gasteiger partial charge in [0.15, 0.2) is 0 Å². The van der Waals surface area contributed by atoms with Crippen LogP contribution < -0.4 is 24.6 Å². The Morgan fingerprint density at radius 2 is 1.81 bits per heavy atom. The highest BCUT2D eigenvalue weighted by molar-refractivity contribution is 5.98. The predicted octanol–water partition coefficient (Wildman–Crippen LogP) is 6.77. The minimum Gasteiger partial charge on any atom is -0.495 e. The Morgan fingerprint density at radius 1 is 1.05 bits per heavy atom. The molecule has 1 aromatic heterocycles. The van der Waals surface area contributed by atoms with Crippen LogP contribution in [-0.2, 0) is 0 Å². The van der Waals surface area contributed by atoms with E-state index in [9.17, 15) is 4.79 Å². The van der Waals surface area contributed by atoms with Crippen molar-refractivity contribution >= 4 is 34.9 Å². The Balaban J connectivity index is 1.45. The van der Waals surface area contributed by atoms with Gasteiger partial charge in [-0.2, -0.15) is 4.98 Å². The zero-order valence-electron chi connectivity index (χ0n) is 25.4. The third-order valence-corrected chi connectivity index (χ3v) is 7.73. The first-order valence-electron chi connectivity index (χ1n) is 14.2. The number of anilines is 5. The van der Waals surface area contributed by atoms with Crippen molar-refractivity contribution < 1.29 is 18.7 Å². The van der Waals surface area contributed by atoms with Crippen LogP contribution in [0.2, 0.25) is 0 Å². The smallest absolute Gasteiger partial charge is 0.425 e. The fourth-order valence-corrected chi connectivity index (χ4v) is 5.15. The number of ether oxygens (including phenoxy) is 2. The van der Waals surface area contributed by atoms with E-state index in [2.05, 4.69) is 39.1 Å². The summed E-state index contributed by atoms with van der Waals surface area (Å²) in [7, 11) is 3.63. The second-order valence-electron chi connectivity index (χ2n) is 10.9. The van der Waals surface area contributed by atoms with E-state index in [0.717, 1.165) is 36.3 Å². The fourth-order valence-electron chi connectivity index (χ4n) is 5.15. The number of halogens is 1. The van der Waals surface area contributed by atoms with Gasteiger partial charge in [-0.3, -0.25) is 0 Å². The van der Waals surface area contributed by atoms with Gasteiger partial charge in [-0.05, 0) is 81.8 Å². The number of carbonyl (C=O) groups is 1. The largest absolute Gasteiger partial charge is 0.495 e. The molecule has 10 heteroatoms. The minimum atomic E-state index is -0.666. The lowest BCUT2D eigenvalue weighted by Crippen LogP contribution is -2.50. The molecule has 1 saturated heterocycles. The normalized spacial score (nSPS) is 15.2. The van der Waals surface area contributed by atoms with Crippen molar-refractivity contribution in [3.63, 3.8) is 0 Å². The van der Waals surface area contributed by atoms with Gasteiger partial charge in [0.25, 0.3) is 0 Å². The second kappa shape index (κ2) is 12.7. The number of piperazine rings is 1. The number of amides is 1. The number of nitrogens with one attached hydrogen (secondary N) is 1. The summed E-state index contributed by atoms with van der Waals surface area (Å²) in [6, 6.07) is 18.1. The molecule has 0 saturated carbocycles. The molecule has 1 fully saturated rings. The number of methoxy groups -OCH3 is 1. The molecule has 0 aliphatic carbocycles. The van der Waals surface area contributed by atoms with Gasteiger partial charge in [0.2, 0.25) is 5.95 Å². The maximum atomic E-state index is 15.3. The van der Waals surface area contributed by atoms with E-state index in [4.69, 9.17) is 9.47 Å². The molecule has 1 amide bonds. The molecule has 224 valence electrons. The summed E-state index contributed by atoms with van der Waals surface area (Å²) in [5.41, 5.74) is 4.11. The van der Waals surface area contributed by atoms with Crippen LogP contribution in [0.3, 0.4) is 0 Å². The summed E-state index contributed by atoms with van der Waals surface area (Å²) < 4.78 is 26.8. The molecule has 1 aliphatic rings. The summed E-state index contributed by atoms with van der Waals surface area (Å²) >= 11 is 0. The Kier molecular flexibility index (Phi) is 8.77. The highest BCUT2D eigenvalue weighted by Gasteiger charge is 2.27. The molecule has 0 spiro atoms. The lowest BCUT2D eigenvalue weighted by atomic mass is 10.1. The van der Waals surface area contributed by atoms with Gasteiger partial charge in [0.05, 0.1) is 18.5 Å². The van der Waals surface area contributed by atoms with Gasteiger partial charge >= 0.3 is 6.09 Å². The Bertz CT molecular complexity index is 1610. The first kappa shape index (κ1) is 29.8. The molecule has 1 N–H and O–H groups in total. The maximum Gasteiger partial charge on any atom is 0.425 e. The molecule has 2 heterocycles. The molecule has 43 heavy (non-hydrogen) atoms. The summed E-state index contributed by atoms with van der Waals surface area (Å²) in [5, 5.41) is 3.08. The van der Waals surface area contributed by atoms with Gasteiger partial charge in [-0.25, -0.2) is 19.1 Å². The van der Waals surface area contributed by atoms with Gasteiger partial charge in [0, 0.05) is 43.6 Å². The van der Waals surface area contributed by atoms with Crippen molar-refractivity contribution in [2.75, 3.05) is 48.9 Å². The number of likely N-dealkylation sites (N-methyl/N-ethyl adjacent to an activating group) is 1. The highest BCUT2D eigenvalue weighted by atomic mass is 19.1. The van der Waals surface area contributed by atoms with E-state index < -0.39 is 6.09 Å². The van der Waals surface area contributed by atoms with Gasteiger partial charge in [-0.1, -0.05) is 24.3 Å². The van der Waals surface area contributed by atoms with Crippen molar-refractivity contribution in [1.29, 1.82) is 0 Å². The van der Waals surface area contributed by atoms with E-state index in [1.54, 1.807) is 31.4 Å². The zero-order chi connectivity index (χ0) is 30.7. The lowest BCUT2D eigenvalue weighted by Gasteiger charge is -2.39. The van der Waals surface area contributed by atoms with Crippen LogP contribution in [0, 0.1) is 26.6 Å². The fraction of sp³-hybridized carbons (Fsp3) is 0.303.